The molecule has 0 saturated carbocycles. The molecule has 3 rings (SSSR count). The summed E-state index contributed by atoms with van der Waals surface area (Å²) < 4.78 is 1.85. The predicted molar refractivity (Wildman–Crippen MR) is 67.0 cm³/mol. The fraction of sp³-hybridized carbons (Fsp3) is 0.385. The normalized spacial score (nSPS) is 19.9. The van der Waals surface area contributed by atoms with Gasteiger partial charge in [-0.3, -0.25) is 4.79 Å². The van der Waals surface area contributed by atoms with Crippen molar-refractivity contribution < 1.29 is 0 Å². The molecule has 1 atom stereocenters. The highest BCUT2D eigenvalue weighted by molar-refractivity contribution is 5.74. The fourth-order valence-corrected chi connectivity index (χ4v) is 2.43. The van der Waals surface area contributed by atoms with Gasteiger partial charge in [-0.05, 0) is 37.6 Å². The summed E-state index contributed by atoms with van der Waals surface area (Å²) in [5.74, 6) is 0.554. The van der Waals surface area contributed by atoms with E-state index in [4.69, 9.17) is 0 Å². The van der Waals surface area contributed by atoms with Gasteiger partial charge in [-0.1, -0.05) is 12.1 Å². The molecule has 1 aromatic carbocycles. The molecule has 0 bridgehead atoms. The van der Waals surface area contributed by atoms with Crippen molar-refractivity contribution in [3.63, 3.8) is 0 Å². The Labute approximate surface area is 99.3 Å². The van der Waals surface area contributed by atoms with Crippen LogP contribution in [0.15, 0.2) is 35.3 Å². The summed E-state index contributed by atoms with van der Waals surface area (Å²) in [5.41, 5.74) is 1.82. The van der Waals surface area contributed by atoms with Gasteiger partial charge in [-0.15, -0.1) is 0 Å². The molecule has 1 unspecified atom stereocenters. The Hall–Kier alpha value is -1.68. The third-order valence-corrected chi connectivity index (χ3v) is 3.36. The van der Waals surface area contributed by atoms with Gasteiger partial charge >= 0.3 is 0 Å². The first-order chi connectivity index (χ1) is 8.34. The first-order valence-corrected chi connectivity index (χ1v) is 6.00. The predicted octanol–water partition coefficient (Wildman–Crippen LogP) is 1.01. The fourth-order valence-electron chi connectivity index (χ4n) is 2.43. The third kappa shape index (κ3) is 1.96. The minimum Gasteiger partial charge on any atom is -0.316 e. The molecular weight excluding hydrogens is 214 g/mol. The van der Waals surface area contributed by atoms with Crippen LogP contribution in [0.4, 0.5) is 0 Å². The second-order valence-corrected chi connectivity index (χ2v) is 4.55. The Morgan fingerprint density at radius 2 is 2.29 bits per heavy atom. The highest BCUT2D eigenvalue weighted by Crippen LogP contribution is 2.14. The lowest BCUT2D eigenvalue weighted by atomic mass is 10.1. The van der Waals surface area contributed by atoms with E-state index in [1.165, 1.54) is 6.20 Å². The SMILES string of the molecule is O=c1cnc2ccccc2n1CC1CCNC1. The van der Waals surface area contributed by atoms with Crippen LogP contribution in [0.2, 0.25) is 0 Å². The molecule has 4 heteroatoms. The van der Waals surface area contributed by atoms with E-state index < -0.39 is 0 Å². The van der Waals surface area contributed by atoms with E-state index >= 15 is 0 Å². The van der Waals surface area contributed by atoms with E-state index in [1.54, 1.807) is 0 Å². The first-order valence-electron chi connectivity index (χ1n) is 6.00. The average molecular weight is 229 g/mol. The van der Waals surface area contributed by atoms with E-state index in [0.29, 0.717) is 5.92 Å². The minimum atomic E-state index is -0.00407. The van der Waals surface area contributed by atoms with Gasteiger partial charge in [0.25, 0.3) is 5.56 Å². The Bertz CT molecular complexity index is 584. The number of nitrogens with one attached hydrogen (secondary N) is 1. The van der Waals surface area contributed by atoms with Crippen molar-refractivity contribution in [3.8, 4) is 0 Å². The highest BCUT2D eigenvalue weighted by Gasteiger charge is 2.16. The molecule has 2 aromatic rings. The lowest BCUT2D eigenvalue weighted by molar-refractivity contribution is 0.481. The summed E-state index contributed by atoms with van der Waals surface area (Å²) >= 11 is 0. The molecule has 88 valence electrons. The van der Waals surface area contributed by atoms with Crippen molar-refractivity contribution in [2.45, 2.75) is 13.0 Å². The first kappa shape index (κ1) is 10.5. The summed E-state index contributed by atoms with van der Waals surface area (Å²) in [5, 5.41) is 3.33. The highest BCUT2D eigenvalue weighted by atomic mass is 16.1. The van der Waals surface area contributed by atoms with Gasteiger partial charge in [-0.25, -0.2) is 4.98 Å². The van der Waals surface area contributed by atoms with Crippen LogP contribution >= 0.6 is 0 Å². The molecule has 1 N–H and O–H groups in total. The molecule has 1 aliphatic rings. The van der Waals surface area contributed by atoms with Crippen molar-refractivity contribution in [2.24, 2.45) is 5.92 Å². The number of para-hydroxylation sites is 2. The van der Waals surface area contributed by atoms with Crippen LogP contribution < -0.4 is 10.9 Å². The second-order valence-electron chi connectivity index (χ2n) is 4.55. The van der Waals surface area contributed by atoms with Gasteiger partial charge in [0.05, 0.1) is 17.2 Å². The molecule has 0 aliphatic carbocycles. The Balaban J connectivity index is 2.06. The zero-order valence-electron chi connectivity index (χ0n) is 9.60. The van der Waals surface area contributed by atoms with Crippen molar-refractivity contribution in [1.29, 1.82) is 0 Å². The summed E-state index contributed by atoms with van der Waals surface area (Å²) in [7, 11) is 0. The Kier molecular flexibility index (Phi) is 2.65. The lowest BCUT2D eigenvalue weighted by Gasteiger charge is -2.13. The number of benzene rings is 1. The maximum Gasteiger partial charge on any atom is 0.269 e. The molecule has 1 aromatic heterocycles. The second kappa shape index (κ2) is 4.30. The summed E-state index contributed by atoms with van der Waals surface area (Å²) in [4.78, 5) is 16.1. The largest absolute Gasteiger partial charge is 0.316 e. The van der Waals surface area contributed by atoms with E-state index in [2.05, 4.69) is 10.3 Å². The standard InChI is InChI=1S/C13H15N3O/c17-13-8-15-11-3-1-2-4-12(11)16(13)9-10-5-6-14-7-10/h1-4,8,10,14H,5-7,9H2. The lowest BCUT2D eigenvalue weighted by Crippen LogP contribution is -2.25. The van der Waals surface area contributed by atoms with Crippen molar-refractivity contribution in [1.82, 2.24) is 14.9 Å². The number of nitrogens with zero attached hydrogens (tertiary/aromatic N) is 2. The maximum absolute atomic E-state index is 11.9. The summed E-state index contributed by atoms with van der Waals surface area (Å²) in [6.45, 7) is 2.85. The van der Waals surface area contributed by atoms with Crippen molar-refractivity contribution in [2.75, 3.05) is 13.1 Å². The third-order valence-electron chi connectivity index (χ3n) is 3.36. The molecule has 17 heavy (non-hydrogen) atoms. The maximum atomic E-state index is 11.9. The molecule has 2 heterocycles. The van der Waals surface area contributed by atoms with E-state index in [0.717, 1.165) is 37.1 Å². The van der Waals surface area contributed by atoms with Gasteiger partial charge in [-0.2, -0.15) is 0 Å². The Morgan fingerprint density at radius 1 is 1.41 bits per heavy atom. The zero-order valence-corrected chi connectivity index (χ0v) is 9.60. The molecular formula is C13H15N3O. The average Bonchev–Trinajstić information content (AvgIpc) is 2.86. The van der Waals surface area contributed by atoms with E-state index in [1.807, 2.05) is 28.8 Å². The Morgan fingerprint density at radius 3 is 3.12 bits per heavy atom. The van der Waals surface area contributed by atoms with E-state index in [9.17, 15) is 4.79 Å². The zero-order chi connectivity index (χ0) is 11.7. The van der Waals surface area contributed by atoms with Gasteiger partial charge in [0.2, 0.25) is 0 Å². The quantitative estimate of drug-likeness (QED) is 0.836. The van der Waals surface area contributed by atoms with Crippen molar-refractivity contribution >= 4 is 11.0 Å². The van der Waals surface area contributed by atoms with Crippen LogP contribution in [0.25, 0.3) is 11.0 Å². The van der Waals surface area contributed by atoms with Crippen LogP contribution in [0.3, 0.4) is 0 Å². The van der Waals surface area contributed by atoms with Gasteiger partial charge < -0.3 is 9.88 Å². The summed E-state index contributed by atoms with van der Waals surface area (Å²) in [6.07, 6.45) is 2.56. The van der Waals surface area contributed by atoms with E-state index in [-0.39, 0.29) is 5.56 Å². The van der Waals surface area contributed by atoms with Crippen LogP contribution in [-0.4, -0.2) is 22.6 Å². The number of hydrogen-bond donors (Lipinski definition) is 1. The molecule has 1 aliphatic heterocycles. The smallest absolute Gasteiger partial charge is 0.269 e. The van der Waals surface area contributed by atoms with Gasteiger partial charge in [0, 0.05) is 6.54 Å². The topological polar surface area (TPSA) is 46.9 Å². The molecule has 4 nitrogen and oxygen atoms in total. The minimum absolute atomic E-state index is 0.00407. The van der Waals surface area contributed by atoms with Gasteiger partial charge in [0.1, 0.15) is 0 Å². The molecule has 0 amide bonds. The molecule has 1 saturated heterocycles. The molecule has 0 radical (unpaired) electrons. The van der Waals surface area contributed by atoms with Gasteiger partial charge in [0.15, 0.2) is 0 Å². The number of fused-ring (bicyclic) bond motifs is 1. The van der Waals surface area contributed by atoms with Crippen LogP contribution in [-0.2, 0) is 6.54 Å². The van der Waals surface area contributed by atoms with Crippen LogP contribution in [0.5, 0.6) is 0 Å². The number of aromatic nitrogens is 2. The monoisotopic (exact) mass is 229 g/mol. The number of hydrogen-bond acceptors (Lipinski definition) is 3. The molecule has 0 spiro atoms. The van der Waals surface area contributed by atoms with Crippen molar-refractivity contribution in [3.05, 3.63) is 40.8 Å². The summed E-state index contributed by atoms with van der Waals surface area (Å²) in [6, 6.07) is 7.80. The number of rotatable bonds is 2. The molecule has 1 fully saturated rings. The van der Waals surface area contributed by atoms with Crippen LogP contribution in [0.1, 0.15) is 6.42 Å². The van der Waals surface area contributed by atoms with Crippen LogP contribution in [0, 0.1) is 5.92 Å².